The molecule has 0 spiro atoms. The first-order valence-electron chi connectivity index (χ1n) is 8.72. The molecule has 27 heavy (non-hydrogen) atoms. The highest BCUT2D eigenvalue weighted by molar-refractivity contribution is 7.89. The van der Waals surface area contributed by atoms with Crippen molar-refractivity contribution in [2.24, 2.45) is 0 Å². The van der Waals surface area contributed by atoms with Crippen LogP contribution in [-0.4, -0.2) is 54.9 Å². The van der Waals surface area contributed by atoms with E-state index in [9.17, 15) is 13.2 Å². The number of carbonyl (C=O) groups is 1. The van der Waals surface area contributed by atoms with Gasteiger partial charge >= 0.3 is 0 Å². The predicted molar refractivity (Wildman–Crippen MR) is 99.5 cm³/mol. The molecule has 0 aliphatic carbocycles. The third-order valence-electron chi connectivity index (χ3n) is 4.74. The van der Waals surface area contributed by atoms with Crippen molar-refractivity contribution in [1.82, 2.24) is 14.4 Å². The first kappa shape index (κ1) is 17.7. The van der Waals surface area contributed by atoms with Gasteiger partial charge in [0.05, 0.1) is 11.3 Å². The molecule has 0 saturated carbocycles. The van der Waals surface area contributed by atoms with Crippen molar-refractivity contribution in [3.8, 4) is 0 Å². The smallest absolute Gasteiger partial charge is 0.243 e. The van der Waals surface area contributed by atoms with Crippen LogP contribution in [0.1, 0.15) is 5.69 Å². The molecular weight excluding hydrogens is 366 g/mol. The molecule has 1 aromatic heterocycles. The fourth-order valence-electron chi connectivity index (χ4n) is 3.24. The Kier molecular flexibility index (Phi) is 4.67. The number of sulfonamides is 1. The summed E-state index contributed by atoms with van der Waals surface area (Å²) in [5.41, 5.74) is 1.26. The van der Waals surface area contributed by atoms with Crippen LogP contribution in [0.3, 0.4) is 0 Å². The summed E-state index contributed by atoms with van der Waals surface area (Å²) in [6.45, 7) is 1.28. The van der Waals surface area contributed by atoms with Gasteiger partial charge in [-0.05, 0) is 24.3 Å². The Bertz CT molecular complexity index is 1050. The molecule has 1 fully saturated rings. The van der Waals surface area contributed by atoms with Gasteiger partial charge in [-0.2, -0.15) is 4.31 Å². The van der Waals surface area contributed by atoms with Gasteiger partial charge in [0.25, 0.3) is 0 Å². The van der Waals surface area contributed by atoms with E-state index < -0.39 is 10.0 Å². The number of para-hydroxylation sites is 1. The van der Waals surface area contributed by atoms with Crippen LogP contribution in [0, 0.1) is 0 Å². The molecule has 0 N–H and O–H groups in total. The number of carbonyl (C=O) groups excluding carboxylic acids is 1. The maximum absolute atomic E-state index is 12.7. The zero-order valence-corrected chi connectivity index (χ0v) is 15.4. The van der Waals surface area contributed by atoms with E-state index in [1.165, 1.54) is 4.31 Å². The number of hydrogen-bond acceptors (Lipinski definition) is 5. The van der Waals surface area contributed by atoms with Crippen LogP contribution in [-0.2, 0) is 21.2 Å². The largest absolute Gasteiger partial charge is 0.356 e. The summed E-state index contributed by atoms with van der Waals surface area (Å²) in [5.74, 6) is -0.0780. The van der Waals surface area contributed by atoms with Gasteiger partial charge in [-0.25, -0.2) is 8.42 Å². The van der Waals surface area contributed by atoms with Crippen LogP contribution in [0.2, 0.25) is 0 Å². The molecule has 140 valence electrons. The fraction of sp³-hybridized carbons (Fsp3) is 0.263. The second-order valence-corrected chi connectivity index (χ2v) is 8.34. The molecule has 3 aromatic rings. The Morgan fingerprint density at radius 2 is 1.63 bits per heavy atom. The lowest BCUT2D eigenvalue weighted by Crippen LogP contribution is -2.50. The molecule has 4 rings (SSSR count). The topological polar surface area (TPSA) is 83.7 Å². The normalized spacial score (nSPS) is 15.9. The van der Waals surface area contributed by atoms with Crippen molar-refractivity contribution in [2.75, 3.05) is 26.2 Å². The second kappa shape index (κ2) is 7.13. The molecule has 1 saturated heterocycles. The summed E-state index contributed by atoms with van der Waals surface area (Å²) in [6, 6.07) is 15.8. The van der Waals surface area contributed by atoms with Crippen LogP contribution < -0.4 is 0 Å². The van der Waals surface area contributed by atoms with E-state index in [0.29, 0.717) is 24.4 Å². The van der Waals surface area contributed by atoms with E-state index in [1.807, 2.05) is 24.3 Å². The molecule has 7 nitrogen and oxygen atoms in total. The van der Waals surface area contributed by atoms with Gasteiger partial charge < -0.3 is 9.42 Å². The molecule has 1 aliphatic rings. The van der Waals surface area contributed by atoms with E-state index in [2.05, 4.69) is 5.16 Å². The Morgan fingerprint density at radius 1 is 0.963 bits per heavy atom. The molecule has 2 aromatic carbocycles. The molecule has 2 heterocycles. The molecule has 1 amide bonds. The number of aromatic nitrogens is 1. The van der Waals surface area contributed by atoms with E-state index in [1.54, 1.807) is 35.2 Å². The summed E-state index contributed by atoms with van der Waals surface area (Å²) >= 11 is 0. The number of hydrogen-bond donors (Lipinski definition) is 0. The summed E-state index contributed by atoms with van der Waals surface area (Å²) < 4.78 is 32.0. The summed E-state index contributed by atoms with van der Waals surface area (Å²) in [7, 11) is -3.52. The highest BCUT2D eigenvalue weighted by Gasteiger charge is 2.30. The Labute approximate surface area is 157 Å². The van der Waals surface area contributed by atoms with Crippen LogP contribution in [0.15, 0.2) is 64.0 Å². The maximum Gasteiger partial charge on any atom is 0.243 e. The van der Waals surface area contributed by atoms with Crippen molar-refractivity contribution < 1.29 is 17.7 Å². The average molecular weight is 385 g/mol. The first-order chi connectivity index (χ1) is 13.1. The third kappa shape index (κ3) is 3.45. The van der Waals surface area contributed by atoms with Gasteiger partial charge in [0.2, 0.25) is 15.9 Å². The molecule has 0 bridgehead atoms. The molecule has 8 heteroatoms. The highest BCUT2D eigenvalue weighted by Crippen LogP contribution is 2.20. The average Bonchev–Trinajstić information content (AvgIpc) is 3.12. The van der Waals surface area contributed by atoms with Gasteiger partial charge in [-0.15, -0.1) is 0 Å². The van der Waals surface area contributed by atoms with Crippen LogP contribution >= 0.6 is 0 Å². The van der Waals surface area contributed by atoms with Crippen molar-refractivity contribution >= 4 is 26.9 Å². The number of fused-ring (bicyclic) bond motifs is 1. The van der Waals surface area contributed by atoms with Gasteiger partial charge in [-0.1, -0.05) is 35.5 Å². The van der Waals surface area contributed by atoms with E-state index >= 15 is 0 Å². The Hall–Kier alpha value is -2.71. The number of benzene rings is 2. The molecule has 0 atom stereocenters. The quantitative estimate of drug-likeness (QED) is 0.685. The third-order valence-corrected chi connectivity index (χ3v) is 6.66. The van der Waals surface area contributed by atoms with Crippen molar-refractivity contribution in [3.05, 3.63) is 60.3 Å². The van der Waals surface area contributed by atoms with E-state index in [0.717, 1.165) is 5.39 Å². The van der Waals surface area contributed by atoms with Crippen molar-refractivity contribution in [1.29, 1.82) is 0 Å². The Morgan fingerprint density at radius 3 is 2.37 bits per heavy atom. The van der Waals surface area contributed by atoms with E-state index in [4.69, 9.17) is 4.52 Å². The zero-order chi connectivity index (χ0) is 18.9. The number of nitrogens with zero attached hydrogens (tertiary/aromatic N) is 3. The lowest BCUT2D eigenvalue weighted by molar-refractivity contribution is -0.131. The monoisotopic (exact) mass is 385 g/mol. The zero-order valence-electron chi connectivity index (χ0n) is 14.6. The molecule has 0 radical (unpaired) electrons. The first-order valence-corrected chi connectivity index (χ1v) is 10.2. The standard InChI is InChI=1S/C19H19N3O4S/c23-19(14-17-16-8-4-5-9-18(16)26-20-17)21-10-12-22(13-11-21)27(24,25)15-6-2-1-3-7-15/h1-9H,10-14H2. The summed E-state index contributed by atoms with van der Waals surface area (Å²) in [6.07, 6.45) is 0.141. The van der Waals surface area contributed by atoms with Gasteiger partial charge in [0.15, 0.2) is 5.58 Å². The van der Waals surface area contributed by atoms with Gasteiger partial charge in [-0.3, -0.25) is 4.79 Å². The molecular formula is C19H19N3O4S. The second-order valence-electron chi connectivity index (χ2n) is 6.40. The number of piperazine rings is 1. The van der Waals surface area contributed by atoms with Crippen LogP contribution in [0.4, 0.5) is 0 Å². The highest BCUT2D eigenvalue weighted by atomic mass is 32.2. The minimum absolute atomic E-state index is 0.0780. The fourth-order valence-corrected chi connectivity index (χ4v) is 4.68. The lowest BCUT2D eigenvalue weighted by atomic mass is 10.1. The number of amides is 1. The van der Waals surface area contributed by atoms with Crippen molar-refractivity contribution in [2.45, 2.75) is 11.3 Å². The maximum atomic E-state index is 12.7. The Balaban J connectivity index is 1.41. The van der Waals surface area contributed by atoms with Crippen LogP contribution in [0.5, 0.6) is 0 Å². The SMILES string of the molecule is O=C(Cc1noc2ccccc12)N1CCN(S(=O)(=O)c2ccccc2)CC1. The minimum atomic E-state index is -3.52. The van der Waals surface area contributed by atoms with E-state index in [-0.39, 0.29) is 30.3 Å². The predicted octanol–water partition coefficient (Wildman–Crippen LogP) is 1.90. The van der Waals surface area contributed by atoms with Crippen molar-refractivity contribution in [3.63, 3.8) is 0 Å². The van der Waals surface area contributed by atoms with Gasteiger partial charge in [0, 0.05) is 31.6 Å². The van der Waals surface area contributed by atoms with Gasteiger partial charge in [0.1, 0.15) is 5.69 Å². The van der Waals surface area contributed by atoms with Crippen LogP contribution in [0.25, 0.3) is 11.0 Å². The summed E-state index contributed by atoms with van der Waals surface area (Å²) in [4.78, 5) is 14.6. The molecule has 0 unspecified atom stereocenters. The molecule has 1 aliphatic heterocycles. The lowest BCUT2D eigenvalue weighted by Gasteiger charge is -2.34. The number of rotatable bonds is 4. The summed E-state index contributed by atoms with van der Waals surface area (Å²) in [5, 5.41) is 4.82. The minimum Gasteiger partial charge on any atom is -0.356 e.